The zero-order chi connectivity index (χ0) is 30.2. The number of Topliss-reactive ketones (excluding diaryl/α,β-unsaturated/α-hetero) is 2. The number of likely N-dealkylation sites (tertiary alicyclic amines) is 1. The quantitative estimate of drug-likeness (QED) is 0.250. The van der Waals surface area contributed by atoms with Crippen LogP contribution in [-0.2, 0) is 10.2 Å². The Morgan fingerprint density at radius 1 is 1.10 bits per heavy atom. The summed E-state index contributed by atoms with van der Waals surface area (Å²) in [4.78, 5) is 28.8. The smallest absolute Gasteiger partial charge is 0.185 e. The summed E-state index contributed by atoms with van der Waals surface area (Å²) in [7, 11) is 1.55. The maximum atomic E-state index is 14.2. The Kier molecular flexibility index (Phi) is 8.73. The van der Waals surface area contributed by atoms with Gasteiger partial charge >= 0.3 is 0 Å². The Morgan fingerprint density at radius 2 is 1.80 bits per heavy atom. The van der Waals surface area contributed by atoms with Crippen molar-refractivity contribution in [3.63, 3.8) is 0 Å². The topological polar surface area (TPSA) is 92.9 Å². The van der Waals surface area contributed by atoms with Crippen molar-refractivity contribution in [3.05, 3.63) is 70.4 Å². The lowest BCUT2D eigenvalue weighted by atomic mass is 9.69. The van der Waals surface area contributed by atoms with Crippen LogP contribution in [0.25, 0.3) is 11.3 Å². The minimum Gasteiger partial charge on any atom is -0.497 e. The predicted molar refractivity (Wildman–Crippen MR) is 151 cm³/mol. The van der Waals surface area contributed by atoms with E-state index in [4.69, 9.17) is 20.9 Å². The molecule has 1 aromatic heterocycles. The second-order valence-electron chi connectivity index (χ2n) is 12.4. The predicted octanol–water partition coefficient (Wildman–Crippen LogP) is 6.25. The Labute approximate surface area is 243 Å². The van der Waals surface area contributed by atoms with Crippen LogP contribution in [0, 0.1) is 17.0 Å². The number of aliphatic hydroxyl groups is 1. The van der Waals surface area contributed by atoms with Gasteiger partial charge in [-0.05, 0) is 55.2 Å². The molecule has 2 aromatic carbocycles. The summed E-state index contributed by atoms with van der Waals surface area (Å²) in [6.07, 6.45) is 0.389. The molecule has 0 bridgehead atoms. The lowest BCUT2D eigenvalue weighted by Crippen LogP contribution is -2.60. The van der Waals surface area contributed by atoms with Crippen LogP contribution in [-0.4, -0.2) is 59.1 Å². The first-order valence-electron chi connectivity index (χ1n) is 13.3. The van der Waals surface area contributed by atoms with Crippen molar-refractivity contribution in [3.8, 4) is 17.1 Å². The largest absolute Gasteiger partial charge is 0.497 e. The van der Waals surface area contributed by atoms with Crippen LogP contribution in [0.5, 0.6) is 5.75 Å². The molecule has 1 N–H and O–H groups in total. The summed E-state index contributed by atoms with van der Waals surface area (Å²) in [5.74, 6) is -1.32. The molecule has 1 aliphatic rings. The SMILES string of the molecule is COc1cc(Cl)cc(C(C)(C)CC(=O)CC2(CC(=O)c3cc(-c4ccc(F)cc4F)on3)CN(CC(C)(C)O)C2)c1. The fraction of sp³-hybridized carbons (Fsp3) is 0.452. The molecule has 0 unspecified atom stereocenters. The van der Waals surface area contributed by atoms with E-state index >= 15 is 0 Å². The van der Waals surface area contributed by atoms with Crippen molar-refractivity contribution in [1.29, 1.82) is 0 Å². The summed E-state index contributed by atoms with van der Waals surface area (Å²) < 4.78 is 38.1. The van der Waals surface area contributed by atoms with Crippen molar-refractivity contribution in [2.24, 2.45) is 5.41 Å². The van der Waals surface area contributed by atoms with Gasteiger partial charge in [-0.2, -0.15) is 0 Å². The van der Waals surface area contributed by atoms with Crippen molar-refractivity contribution in [2.45, 2.75) is 58.0 Å². The molecule has 4 rings (SSSR count). The molecule has 0 atom stereocenters. The number of ketones is 2. The molecule has 0 amide bonds. The number of nitrogens with zero attached hydrogens (tertiary/aromatic N) is 2. The van der Waals surface area contributed by atoms with Gasteiger partial charge in [0.05, 0.1) is 18.3 Å². The Hall–Kier alpha value is -3.14. The molecule has 1 aliphatic heterocycles. The molecule has 0 radical (unpaired) electrons. The van der Waals surface area contributed by atoms with E-state index in [-0.39, 0.29) is 47.8 Å². The van der Waals surface area contributed by atoms with Gasteiger partial charge in [-0.25, -0.2) is 8.78 Å². The van der Waals surface area contributed by atoms with Gasteiger partial charge in [0.25, 0.3) is 0 Å². The van der Waals surface area contributed by atoms with Crippen LogP contribution in [0.15, 0.2) is 47.0 Å². The number of benzene rings is 2. The number of methoxy groups -OCH3 is 1. The first-order valence-corrected chi connectivity index (χ1v) is 13.7. The highest BCUT2D eigenvalue weighted by atomic mass is 35.5. The van der Waals surface area contributed by atoms with E-state index in [1.54, 1.807) is 27.0 Å². The second kappa shape index (κ2) is 11.6. The molecule has 3 aromatic rings. The Bertz CT molecular complexity index is 1440. The zero-order valence-electron chi connectivity index (χ0n) is 23.9. The highest BCUT2D eigenvalue weighted by Gasteiger charge is 2.47. The van der Waals surface area contributed by atoms with Gasteiger partial charge in [0.2, 0.25) is 0 Å². The van der Waals surface area contributed by atoms with Crippen molar-refractivity contribution in [1.82, 2.24) is 10.1 Å². The van der Waals surface area contributed by atoms with E-state index in [2.05, 4.69) is 5.16 Å². The van der Waals surface area contributed by atoms with Gasteiger partial charge in [0, 0.05) is 61.5 Å². The average Bonchev–Trinajstić information content (AvgIpc) is 3.31. The summed E-state index contributed by atoms with van der Waals surface area (Å²) in [6.45, 7) is 8.60. The van der Waals surface area contributed by atoms with E-state index in [0.29, 0.717) is 30.4 Å². The van der Waals surface area contributed by atoms with Crippen LogP contribution in [0.3, 0.4) is 0 Å². The normalized spacial score (nSPS) is 15.4. The Balaban J connectivity index is 1.51. The monoisotopic (exact) mass is 588 g/mol. The number of ether oxygens (including phenoxy) is 1. The number of hydrogen-bond acceptors (Lipinski definition) is 7. The molecule has 1 saturated heterocycles. The number of carbonyl (C=O) groups is 2. The molecule has 0 spiro atoms. The van der Waals surface area contributed by atoms with Crippen molar-refractivity contribution >= 4 is 23.2 Å². The summed E-state index contributed by atoms with van der Waals surface area (Å²) >= 11 is 6.27. The first kappa shape index (κ1) is 30.8. The number of aromatic nitrogens is 1. The van der Waals surface area contributed by atoms with Gasteiger partial charge in [-0.15, -0.1) is 0 Å². The molecule has 0 saturated carbocycles. The summed E-state index contributed by atoms with van der Waals surface area (Å²) in [5, 5.41) is 14.6. The van der Waals surface area contributed by atoms with Gasteiger partial charge in [0.15, 0.2) is 11.5 Å². The van der Waals surface area contributed by atoms with E-state index in [9.17, 15) is 23.5 Å². The molecule has 1 fully saturated rings. The van der Waals surface area contributed by atoms with Crippen LogP contribution in [0.4, 0.5) is 8.78 Å². The number of halogens is 3. The van der Waals surface area contributed by atoms with Crippen molar-refractivity contribution < 1.29 is 32.7 Å². The van der Waals surface area contributed by atoms with E-state index < -0.39 is 28.1 Å². The minimum atomic E-state index is -0.936. The van der Waals surface area contributed by atoms with Crippen molar-refractivity contribution in [2.75, 3.05) is 26.7 Å². The molecule has 2 heterocycles. The van der Waals surface area contributed by atoms with E-state index in [1.807, 2.05) is 30.9 Å². The first-order chi connectivity index (χ1) is 19.1. The van der Waals surface area contributed by atoms with Gasteiger partial charge in [-0.3, -0.25) is 14.5 Å². The standard InChI is InChI=1S/C31H35ClF2N2O5/c1-29(2,19-8-20(32)10-23(9-19)40-5)13-22(37)14-31(17-36(18-31)16-30(3,4)39)15-27(38)26-12-28(41-35-26)24-7-6-21(33)11-25(24)34/h6-12,39H,13-18H2,1-5H3. The van der Waals surface area contributed by atoms with E-state index in [1.165, 1.54) is 12.1 Å². The van der Waals surface area contributed by atoms with Crippen LogP contribution >= 0.6 is 11.6 Å². The molecular formula is C31H35ClF2N2O5. The van der Waals surface area contributed by atoms with Gasteiger partial charge in [0.1, 0.15) is 28.9 Å². The maximum absolute atomic E-state index is 14.2. The Morgan fingerprint density at radius 3 is 2.44 bits per heavy atom. The molecule has 10 heteroatoms. The van der Waals surface area contributed by atoms with E-state index in [0.717, 1.165) is 17.7 Å². The lowest BCUT2D eigenvalue weighted by molar-refractivity contribution is -0.127. The average molecular weight is 589 g/mol. The fourth-order valence-electron chi connectivity index (χ4n) is 5.65. The number of carbonyl (C=O) groups excluding carboxylic acids is 2. The molecular weight excluding hydrogens is 554 g/mol. The van der Waals surface area contributed by atoms with Crippen LogP contribution in [0.1, 0.15) is 63.0 Å². The molecule has 220 valence electrons. The highest BCUT2D eigenvalue weighted by Crippen LogP contribution is 2.42. The van der Waals surface area contributed by atoms with Crippen LogP contribution in [0.2, 0.25) is 5.02 Å². The second-order valence-corrected chi connectivity index (χ2v) is 12.9. The molecule has 7 nitrogen and oxygen atoms in total. The lowest BCUT2D eigenvalue weighted by Gasteiger charge is -2.51. The summed E-state index contributed by atoms with van der Waals surface area (Å²) in [6, 6.07) is 9.75. The summed E-state index contributed by atoms with van der Waals surface area (Å²) in [5.41, 5.74) is -1.29. The third kappa shape index (κ3) is 7.58. The maximum Gasteiger partial charge on any atom is 0.185 e. The zero-order valence-corrected chi connectivity index (χ0v) is 24.6. The number of β-amino-alcohol motifs (C(OH)–C–C–N with tert-alkyl or cyclic N) is 1. The number of hydrogen-bond donors (Lipinski definition) is 1. The highest BCUT2D eigenvalue weighted by molar-refractivity contribution is 6.30. The fourth-order valence-corrected chi connectivity index (χ4v) is 5.87. The third-order valence-corrected chi connectivity index (χ3v) is 7.57. The van der Waals surface area contributed by atoms with Crippen LogP contribution < -0.4 is 4.74 Å². The molecule has 41 heavy (non-hydrogen) atoms. The third-order valence-electron chi connectivity index (χ3n) is 7.36. The molecule has 0 aliphatic carbocycles. The van der Waals surface area contributed by atoms with Gasteiger partial charge in [-0.1, -0.05) is 30.6 Å². The minimum absolute atomic E-state index is 0.00263. The number of rotatable bonds is 12. The van der Waals surface area contributed by atoms with Gasteiger partial charge < -0.3 is 14.4 Å².